The highest BCUT2D eigenvalue weighted by Gasteiger charge is 2.24. The Kier molecular flexibility index (Phi) is 5.97. The van der Waals surface area contributed by atoms with Crippen molar-refractivity contribution < 1.29 is 17.9 Å². The predicted molar refractivity (Wildman–Crippen MR) is 96.3 cm³/mol. The van der Waals surface area contributed by atoms with E-state index in [1.54, 1.807) is 24.5 Å². The van der Waals surface area contributed by atoms with Gasteiger partial charge in [0.05, 0.1) is 11.5 Å². The van der Waals surface area contributed by atoms with E-state index in [-0.39, 0.29) is 16.8 Å². The van der Waals surface area contributed by atoms with Gasteiger partial charge in [-0.05, 0) is 48.7 Å². The molecule has 0 radical (unpaired) electrons. The summed E-state index contributed by atoms with van der Waals surface area (Å²) in [6.45, 7) is 1.37. The number of sulfonamides is 1. The lowest BCUT2D eigenvalue weighted by molar-refractivity contribution is 0.0954. The zero-order valence-electron chi connectivity index (χ0n) is 14.2. The molecule has 1 amide bonds. The van der Waals surface area contributed by atoms with Crippen molar-refractivity contribution in [3.8, 4) is 0 Å². The Labute approximate surface area is 152 Å². The van der Waals surface area contributed by atoms with Crippen molar-refractivity contribution in [3.05, 3.63) is 59.9 Å². The lowest BCUT2D eigenvalue weighted by Crippen LogP contribution is -2.35. The maximum Gasteiger partial charge on any atom is 0.251 e. The number of carbonyl (C=O) groups is 1. The summed E-state index contributed by atoms with van der Waals surface area (Å²) in [4.78, 5) is 16.3. The molecule has 1 aliphatic heterocycles. The van der Waals surface area contributed by atoms with Gasteiger partial charge in [0.1, 0.15) is 0 Å². The standard InChI is InChI=1S/C18H21N3O4S/c22-18(20-10-6-14-4-8-19-9-5-14)15-2-1-3-17(12-15)26(23,24)21-16-7-11-25-13-16/h1-5,8-9,12,16,21H,6-7,10-11,13H2,(H,20,22)/t16-/m1/s1. The molecule has 0 spiro atoms. The number of aromatic nitrogens is 1. The zero-order valence-corrected chi connectivity index (χ0v) is 15.0. The summed E-state index contributed by atoms with van der Waals surface area (Å²) in [5, 5.41) is 2.80. The van der Waals surface area contributed by atoms with E-state index in [2.05, 4.69) is 15.0 Å². The number of pyridine rings is 1. The summed E-state index contributed by atoms with van der Waals surface area (Å²) in [6, 6.07) is 9.58. The molecule has 0 saturated carbocycles. The first-order chi connectivity index (χ1) is 12.5. The van der Waals surface area contributed by atoms with E-state index in [1.807, 2.05) is 12.1 Å². The first-order valence-corrected chi connectivity index (χ1v) is 9.90. The molecule has 7 nitrogen and oxygen atoms in total. The Morgan fingerprint density at radius 1 is 1.23 bits per heavy atom. The summed E-state index contributed by atoms with van der Waals surface area (Å²) in [6.07, 6.45) is 4.73. The van der Waals surface area contributed by atoms with Crippen molar-refractivity contribution in [2.75, 3.05) is 19.8 Å². The number of ether oxygens (including phenoxy) is 1. The Morgan fingerprint density at radius 2 is 2.04 bits per heavy atom. The van der Waals surface area contributed by atoms with E-state index in [0.29, 0.717) is 38.2 Å². The second kappa shape index (κ2) is 8.39. The van der Waals surface area contributed by atoms with Crippen LogP contribution in [-0.4, -0.2) is 45.1 Å². The Balaban J connectivity index is 1.61. The largest absolute Gasteiger partial charge is 0.380 e. The van der Waals surface area contributed by atoms with E-state index in [0.717, 1.165) is 5.56 Å². The van der Waals surface area contributed by atoms with E-state index in [4.69, 9.17) is 4.74 Å². The van der Waals surface area contributed by atoms with Gasteiger partial charge in [-0.1, -0.05) is 6.07 Å². The first kappa shape index (κ1) is 18.5. The second-order valence-electron chi connectivity index (χ2n) is 6.07. The minimum absolute atomic E-state index is 0.0752. The van der Waals surface area contributed by atoms with Crippen molar-refractivity contribution >= 4 is 15.9 Å². The SMILES string of the molecule is O=C(NCCc1ccncc1)c1cccc(S(=O)(=O)N[C@@H]2CCOC2)c1. The summed E-state index contributed by atoms with van der Waals surface area (Å²) < 4.78 is 32.7. The number of hydrogen-bond acceptors (Lipinski definition) is 5. The first-order valence-electron chi connectivity index (χ1n) is 8.42. The van der Waals surface area contributed by atoms with E-state index in [1.165, 1.54) is 12.1 Å². The number of rotatable bonds is 7. The van der Waals surface area contributed by atoms with Gasteiger partial charge in [-0.15, -0.1) is 0 Å². The van der Waals surface area contributed by atoms with Crippen LogP contribution in [0.4, 0.5) is 0 Å². The third-order valence-corrected chi connectivity index (χ3v) is 5.62. The number of nitrogens with one attached hydrogen (secondary N) is 2. The van der Waals surface area contributed by atoms with Crippen molar-refractivity contribution in [3.63, 3.8) is 0 Å². The molecule has 0 unspecified atom stereocenters. The fraction of sp³-hybridized carbons (Fsp3) is 0.333. The molecule has 3 rings (SSSR count). The molecule has 1 fully saturated rings. The van der Waals surface area contributed by atoms with Crippen LogP contribution in [0.5, 0.6) is 0 Å². The number of benzene rings is 1. The summed E-state index contributed by atoms with van der Waals surface area (Å²) in [5.74, 6) is -0.305. The van der Waals surface area contributed by atoms with Gasteiger partial charge in [-0.3, -0.25) is 9.78 Å². The summed E-state index contributed by atoms with van der Waals surface area (Å²) in [5.41, 5.74) is 1.38. The zero-order chi connectivity index (χ0) is 18.4. The normalized spacial score (nSPS) is 17.2. The number of hydrogen-bond donors (Lipinski definition) is 2. The number of nitrogens with zero attached hydrogens (tertiary/aromatic N) is 1. The van der Waals surface area contributed by atoms with Crippen LogP contribution in [-0.2, 0) is 21.2 Å². The molecule has 1 aliphatic rings. The highest BCUT2D eigenvalue weighted by Crippen LogP contribution is 2.14. The van der Waals surface area contributed by atoms with Gasteiger partial charge in [-0.25, -0.2) is 13.1 Å². The van der Waals surface area contributed by atoms with Crippen LogP contribution >= 0.6 is 0 Å². The third kappa shape index (κ3) is 4.87. The van der Waals surface area contributed by atoms with Crippen LogP contribution in [0, 0.1) is 0 Å². The van der Waals surface area contributed by atoms with Crippen molar-refractivity contribution in [1.82, 2.24) is 15.0 Å². The second-order valence-corrected chi connectivity index (χ2v) is 7.78. The lowest BCUT2D eigenvalue weighted by atomic mass is 10.2. The van der Waals surface area contributed by atoms with E-state index < -0.39 is 10.0 Å². The van der Waals surface area contributed by atoms with Crippen LogP contribution in [0.1, 0.15) is 22.3 Å². The number of carbonyl (C=O) groups excluding carboxylic acids is 1. The van der Waals surface area contributed by atoms with Crippen LogP contribution in [0.2, 0.25) is 0 Å². The third-order valence-electron chi connectivity index (χ3n) is 4.11. The molecule has 8 heteroatoms. The van der Waals surface area contributed by atoms with Gasteiger partial charge in [0.25, 0.3) is 5.91 Å². The van der Waals surface area contributed by atoms with Crippen molar-refractivity contribution in [2.24, 2.45) is 0 Å². The highest BCUT2D eigenvalue weighted by molar-refractivity contribution is 7.89. The van der Waals surface area contributed by atoms with E-state index in [9.17, 15) is 13.2 Å². The maximum atomic E-state index is 12.5. The lowest BCUT2D eigenvalue weighted by Gasteiger charge is -2.12. The van der Waals surface area contributed by atoms with Gasteiger partial charge in [0.2, 0.25) is 10.0 Å². The van der Waals surface area contributed by atoms with E-state index >= 15 is 0 Å². The topological polar surface area (TPSA) is 97.4 Å². The highest BCUT2D eigenvalue weighted by atomic mass is 32.2. The summed E-state index contributed by atoms with van der Waals surface area (Å²) in [7, 11) is -3.68. The maximum absolute atomic E-state index is 12.5. The van der Waals surface area contributed by atoms with Gasteiger partial charge in [0, 0.05) is 37.2 Å². The van der Waals surface area contributed by atoms with Crippen LogP contribution in [0.25, 0.3) is 0 Å². The monoisotopic (exact) mass is 375 g/mol. The van der Waals surface area contributed by atoms with Gasteiger partial charge >= 0.3 is 0 Å². The Hall–Kier alpha value is -2.29. The number of amides is 1. The molecule has 0 aliphatic carbocycles. The van der Waals surface area contributed by atoms with Crippen LogP contribution in [0.15, 0.2) is 53.7 Å². The predicted octanol–water partition coefficient (Wildman–Crippen LogP) is 1.12. The molecule has 1 saturated heterocycles. The molecule has 26 heavy (non-hydrogen) atoms. The van der Waals surface area contributed by atoms with Crippen molar-refractivity contribution in [1.29, 1.82) is 0 Å². The molecule has 1 aromatic heterocycles. The fourth-order valence-corrected chi connectivity index (χ4v) is 3.99. The molecule has 2 heterocycles. The Morgan fingerprint density at radius 3 is 2.77 bits per heavy atom. The summed E-state index contributed by atoms with van der Waals surface area (Å²) >= 11 is 0. The molecular weight excluding hydrogens is 354 g/mol. The average molecular weight is 375 g/mol. The van der Waals surface area contributed by atoms with Gasteiger partial charge in [-0.2, -0.15) is 0 Å². The molecule has 1 atom stereocenters. The minimum atomic E-state index is -3.68. The molecule has 2 aromatic rings. The van der Waals surface area contributed by atoms with Crippen LogP contribution < -0.4 is 10.0 Å². The van der Waals surface area contributed by atoms with Gasteiger partial charge in [0.15, 0.2) is 0 Å². The molecule has 1 aromatic carbocycles. The quantitative estimate of drug-likeness (QED) is 0.756. The Bertz CT molecular complexity index is 850. The molecule has 138 valence electrons. The molecule has 2 N–H and O–H groups in total. The minimum Gasteiger partial charge on any atom is -0.380 e. The fourth-order valence-electron chi connectivity index (χ4n) is 2.69. The molecule has 0 bridgehead atoms. The molecular formula is C18H21N3O4S. The van der Waals surface area contributed by atoms with Gasteiger partial charge < -0.3 is 10.1 Å². The van der Waals surface area contributed by atoms with Crippen molar-refractivity contribution in [2.45, 2.75) is 23.8 Å². The smallest absolute Gasteiger partial charge is 0.251 e. The average Bonchev–Trinajstić information content (AvgIpc) is 3.15. The van der Waals surface area contributed by atoms with Crippen LogP contribution in [0.3, 0.4) is 0 Å².